The number of carboxylic acids is 1. The standard InChI is InChI=1S/C17H25NO2.ClH/c1-3-9-18(10-4-2)16-8-7-13-5-6-14(17(19)20)11-15(13)12-16;/h5-6,11,16H,3-4,7-10,12H2,1-2H3,(H,19,20);1H. The van der Waals surface area contributed by atoms with Crippen molar-refractivity contribution in [3.63, 3.8) is 0 Å². The molecule has 21 heavy (non-hydrogen) atoms. The quantitative estimate of drug-likeness (QED) is 0.869. The van der Waals surface area contributed by atoms with Gasteiger partial charge in [-0.05, 0) is 68.5 Å². The Morgan fingerprint density at radius 3 is 2.48 bits per heavy atom. The number of carbonyl (C=O) groups is 1. The summed E-state index contributed by atoms with van der Waals surface area (Å²) >= 11 is 0. The van der Waals surface area contributed by atoms with Crippen LogP contribution in [0.2, 0.25) is 0 Å². The van der Waals surface area contributed by atoms with Crippen LogP contribution in [0.1, 0.15) is 54.6 Å². The van der Waals surface area contributed by atoms with Crippen molar-refractivity contribution in [1.82, 2.24) is 4.90 Å². The summed E-state index contributed by atoms with van der Waals surface area (Å²) in [5, 5.41) is 9.12. The smallest absolute Gasteiger partial charge is 0.335 e. The van der Waals surface area contributed by atoms with Crippen molar-refractivity contribution in [2.24, 2.45) is 0 Å². The maximum atomic E-state index is 11.1. The van der Waals surface area contributed by atoms with E-state index in [0.717, 1.165) is 25.9 Å². The van der Waals surface area contributed by atoms with Crippen LogP contribution in [0, 0.1) is 0 Å². The first-order valence-electron chi connectivity index (χ1n) is 7.74. The van der Waals surface area contributed by atoms with E-state index < -0.39 is 5.97 Å². The van der Waals surface area contributed by atoms with Crippen molar-refractivity contribution in [2.75, 3.05) is 13.1 Å². The molecule has 1 aliphatic carbocycles. The van der Waals surface area contributed by atoms with E-state index in [-0.39, 0.29) is 12.4 Å². The summed E-state index contributed by atoms with van der Waals surface area (Å²) in [6, 6.07) is 6.18. The van der Waals surface area contributed by atoms with Crippen LogP contribution in [0.4, 0.5) is 0 Å². The van der Waals surface area contributed by atoms with E-state index in [9.17, 15) is 4.79 Å². The lowest BCUT2D eigenvalue weighted by Gasteiger charge is -2.35. The van der Waals surface area contributed by atoms with Gasteiger partial charge in [-0.2, -0.15) is 0 Å². The van der Waals surface area contributed by atoms with Crippen molar-refractivity contribution >= 4 is 18.4 Å². The number of rotatable bonds is 6. The molecule has 1 aromatic carbocycles. The maximum Gasteiger partial charge on any atom is 0.335 e. The van der Waals surface area contributed by atoms with Crippen LogP contribution in [0.25, 0.3) is 0 Å². The highest BCUT2D eigenvalue weighted by atomic mass is 35.5. The Kier molecular flexibility index (Phi) is 7.20. The lowest BCUT2D eigenvalue weighted by Crippen LogP contribution is -2.40. The van der Waals surface area contributed by atoms with Crippen molar-refractivity contribution in [2.45, 2.75) is 52.0 Å². The minimum Gasteiger partial charge on any atom is -0.478 e. The third-order valence-electron chi connectivity index (χ3n) is 4.19. The van der Waals surface area contributed by atoms with Gasteiger partial charge in [0, 0.05) is 6.04 Å². The van der Waals surface area contributed by atoms with E-state index in [1.54, 1.807) is 6.07 Å². The summed E-state index contributed by atoms with van der Waals surface area (Å²) in [6.45, 7) is 6.74. The van der Waals surface area contributed by atoms with Gasteiger partial charge in [-0.25, -0.2) is 4.79 Å². The van der Waals surface area contributed by atoms with Gasteiger partial charge in [-0.3, -0.25) is 0 Å². The van der Waals surface area contributed by atoms with E-state index in [1.807, 2.05) is 12.1 Å². The lowest BCUT2D eigenvalue weighted by atomic mass is 9.86. The molecule has 1 N–H and O–H groups in total. The van der Waals surface area contributed by atoms with Gasteiger partial charge in [-0.15, -0.1) is 12.4 Å². The molecule has 1 aliphatic rings. The Labute approximate surface area is 133 Å². The summed E-state index contributed by atoms with van der Waals surface area (Å²) < 4.78 is 0. The van der Waals surface area contributed by atoms with Crippen LogP contribution in [0.15, 0.2) is 18.2 Å². The summed E-state index contributed by atoms with van der Waals surface area (Å²) in [7, 11) is 0. The zero-order chi connectivity index (χ0) is 14.5. The molecule has 0 heterocycles. The molecule has 1 atom stereocenters. The zero-order valence-corrected chi connectivity index (χ0v) is 13.8. The highest BCUT2D eigenvalue weighted by molar-refractivity contribution is 5.88. The minimum atomic E-state index is -0.825. The summed E-state index contributed by atoms with van der Waals surface area (Å²) in [5.74, 6) is -0.825. The molecule has 4 heteroatoms. The molecule has 0 fully saturated rings. The van der Waals surface area contributed by atoms with E-state index in [4.69, 9.17) is 5.11 Å². The summed E-state index contributed by atoms with van der Waals surface area (Å²) in [4.78, 5) is 13.7. The molecule has 0 aromatic heterocycles. The summed E-state index contributed by atoms with van der Waals surface area (Å²) in [5.41, 5.74) is 2.99. The predicted molar refractivity (Wildman–Crippen MR) is 88.6 cm³/mol. The maximum absolute atomic E-state index is 11.1. The SMILES string of the molecule is CCCN(CCC)C1CCc2ccc(C(=O)O)cc2C1.Cl. The second kappa shape index (κ2) is 8.40. The number of fused-ring (bicyclic) bond motifs is 1. The highest BCUT2D eigenvalue weighted by Crippen LogP contribution is 2.26. The van der Waals surface area contributed by atoms with Gasteiger partial charge in [0.1, 0.15) is 0 Å². The number of hydrogen-bond donors (Lipinski definition) is 1. The fourth-order valence-electron chi connectivity index (χ4n) is 3.23. The van der Waals surface area contributed by atoms with Crippen LogP contribution >= 0.6 is 12.4 Å². The Morgan fingerprint density at radius 1 is 1.24 bits per heavy atom. The summed E-state index contributed by atoms with van der Waals surface area (Å²) in [6.07, 6.45) is 5.62. The number of carboxylic acid groups (broad SMARTS) is 1. The van der Waals surface area contributed by atoms with Gasteiger partial charge < -0.3 is 10.0 Å². The van der Waals surface area contributed by atoms with Gasteiger partial charge in [0.25, 0.3) is 0 Å². The Hall–Kier alpha value is -1.06. The minimum absolute atomic E-state index is 0. The number of benzene rings is 1. The normalized spacial score (nSPS) is 17.2. The average molecular weight is 312 g/mol. The number of aryl methyl sites for hydroxylation is 1. The Balaban J connectivity index is 0.00000220. The van der Waals surface area contributed by atoms with Crippen molar-refractivity contribution in [1.29, 1.82) is 0 Å². The third kappa shape index (κ3) is 4.45. The molecule has 2 rings (SSSR count). The van der Waals surface area contributed by atoms with E-state index in [0.29, 0.717) is 11.6 Å². The molecule has 1 aromatic rings. The van der Waals surface area contributed by atoms with E-state index >= 15 is 0 Å². The fraction of sp³-hybridized carbons (Fsp3) is 0.588. The number of aromatic carboxylic acids is 1. The molecule has 0 saturated heterocycles. The predicted octanol–water partition coefficient (Wildman–Crippen LogP) is 3.79. The molecule has 0 saturated carbocycles. The Bertz CT molecular complexity index is 470. The Morgan fingerprint density at radius 2 is 1.90 bits per heavy atom. The molecule has 0 amide bonds. The zero-order valence-electron chi connectivity index (χ0n) is 13.0. The van der Waals surface area contributed by atoms with Gasteiger partial charge in [0.05, 0.1) is 5.56 Å². The van der Waals surface area contributed by atoms with Crippen molar-refractivity contribution in [3.05, 3.63) is 34.9 Å². The van der Waals surface area contributed by atoms with Crippen molar-refractivity contribution < 1.29 is 9.90 Å². The van der Waals surface area contributed by atoms with E-state index in [1.165, 1.54) is 30.4 Å². The fourth-order valence-corrected chi connectivity index (χ4v) is 3.23. The molecular weight excluding hydrogens is 286 g/mol. The first-order valence-corrected chi connectivity index (χ1v) is 7.74. The second-order valence-corrected chi connectivity index (χ2v) is 5.72. The lowest BCUT2D eigenvalue weighted by molar-refractivity contribution is 0.0696. The van der Waals surface area contributed by atoms with Crippen LogP contribution < -0.4 is 0 Å². The van der Waals surface area contributed by atoms with Gasteiger partial charge in [0.15, 0.2) is 0 Å². The topological polar surface area (TPSA) is 40.5 Å². The first-order chi connectivity index (χ1) is 9.65. The molecule has 1 unspecified atom stereocenters. The largest absolute Gasteiger partial charge is 0.478 e. The third-order valence-corrected chi connectivity index (χ3v) is 4.19. The number of hydrogen-bond acceptors (Lipinski definition) is 2. The highest BCUT2D eigenvalue weighted by Gasteiger charge is 2.24. The number of halogens is 1. The second-order valence-electron chi connectivity index (χ2n) is 5.72. The van der Waals surface area contributed by atoms with Crippen molar-refractivity contribution in [3.8, 4) is 0 Å². The van der Waals surface area contributed by atoms with Gasteiger partial charge in [-0.1, -0.05) is 19.9 Å². The molecular formula is C17H26ClNO2. The molecule has 0 spiro atoms. The molecule has 3 nitrogen and oxygen atoms in total. The van der Waals surface area contributed by atoms with Crippen LogP contribution in [-0.4, -0.2) is 35.1 Å². The van der Waals surface area contributed by atoms with Crippen LogP contribution in [-0.2, 0) is 12.8 Å². The molecule has 118 valence electrons. The van der Waals surface area contributed by atoms with Crippen LogP contribution in [0.3, 0.4) is 0 Å². The first kappa shape index (κ1) is 18.0. The van der Waals surface area contributed by atoms with Gasteiger partial charge in [0.2, 0.25) is 0 Å². The van der Waals surface area contributed by atoms with Crippen LogP contribution in [0.5, 0.6) is 0 Å². The molecule has 0 bridgehead atoms. The molecule has 0 radical (unpaired) electrons. The number of nitrogens with zero attached hydrogens (tertiary/aromatic N) is 1. The van der Waals surface area contributed by atoms with E-state index in [2.05, 4.69) is 18.7 Å². The molecule has 0 aliphatic heterocycles. The monoisotopic (exact) mass is 311 g/mol. The van der Waals surface area contributed by atoms with Gasteiger partial charge >= 0.3 is 5.97 Å². The average Bonchev–Trinajstić information content (AvgIpc) is 2.45.